The first kappa shape index (κ1) is 34.8. The highest BCUT2D eigenvalue weighted by Gasteiger charge is 2.43. The van der Waals surface area contributed by atoms with Crippen molar-refractivity contribution in [2.75, 3.05) is 26.9 Å². The average molecular weight is 683 g/mol. The lowest BCUT2D eigenvalue weighted by Gasteiger charge is -2.35. The number of hydroxylamine groups is 1. The smallest absolute Gasteiger partial charge is 0.304 e. The number of hydrogen-bond acceptors (Lipinski definition) is 13. The number of hydrogen-bond donors (Lipinski definition) is 1. The van der Waals surface area contributed by atoms with E-state index in [1.54, 1.807) is 0 Å². The van der Waals surface area contributed by atoms with Crippen LogP contribution in [-0.2, 0) is 60.7 Å². The van der Waals surface area contributed by atoms with E-state index in [9.17, 15) is 19.2 Å². The minimum atomic E-state index is -1.46. The van der Waals surface area contributed by atoms with Gasteiger partial charge in [0.15, 0.2) is 23.7 Å². The molecule has 0 bridgehead atoms. The average Bonchev–Trinajstić information content (AvgIpc) is 2.96. The van der Waals surface area contributed by atoms with E-state index >= 15 is 0 Å². The molecule has 13 nitrogen and oxygen atoms in total. The molecule has 0 radical (unpaired) electrons. The fraction of sp³-hybridized carbons (Fsp3) is 0.467. The fourth-order valence-corrected chi connectivity index (χ4v) is 4.79. The largest absolute Gasteiger partial charge is 0.486 e. The van der Waals surface area contributed by atoms with Crippen LogP contribution in [0.5, 0.6) is 11.5 Å². The van der Waals surface area contributed by atoms with Crippen LogP contribution in [0.25, 0.3) is 0 Å². The van der Waals surface area contributed by atoms with Gasteiger partial charge in [0.25, 0.3) is 0 Å². The van der Waals surface area contributed by atoms with Crippen molar-refractivity contribution in [3.05, 3.63) is 57.6 Å². The van der Waals surface area contributed by atoms with Gasteiger partial charge in [0, 0.05) is 32.2 Å². The van der Waals surface area contributed by atoms with Crippen LogP contribution in [0, 0.1) is 0 Å². The Morgan fingerprint density at radius 3 is 2.09 bits per heavy atom. The maximum atomic E-state index is 12.2. The highest BCUT2D eigenvalue weighted by atomic mass is 79.9. The SMILES string of the molecule is CONC(OC(C)=O)C(OC(C)=O)C(OC(C)=O)C(COC(C)=O)OCc1ccc(Br)c(Cc2ccc3c(c2)OCCO3)c1. The van der Waals surface area contributed by atoms with E-state index in [1.165, 1.54) is 14.0 Å². The third-order valence-corrected chi connectivity index (χ3v) is 6.92. The quantitative estimate of drug-likeness (QED) is 0.127. The van der Waals surface area contributed by atoms with Crippen LogP contribution in [0.1, 0.15) is 44.4 Å². The Balaban J connectivity index is 1.89. The summed E-state index contributed by atoms with van der Waals surface area (Å²) in [6.07, 6.45) is -4.89. The van der Waals surface area contributed by atoms with E-state index in [2.05, 4.69) is 21.4 Å². The molecule has 1 N–H and O–H groups in total. The summed E-state index contributed by atoms with van der Waals surface area (Å²) >= 11 is 3.61. The molecule has 0 saturated carbocycles. The maximum absolute atomic E-state index is 12.2. The lowest BCUT2D eigenvalue weighted by molar-refractivity contribution is -0.215. The van der Waals surface area contributed by atoms with Crippen LogP contribution in [0.4, 0.5) is 0 Å². The summed E-state index contributed by atoms with van der Waals surface area (Å²) in [5.41, 5.74) is 5.12. The monoisotopic (exact) mass is 681 g/mol. The molecular formula is C30H36BrNO12. The second-order valence-corrected chi connectivity index (χ2v) is 10.6. The summed E-state index contributed by atoms with van der Waals surface area (Å²) in [4.78, 5) is 52.8. The minimum Gasteiger partial charge on any atom is -0.486 e. The molecule has 0 fully saturated rings. The molecule has 44 heavy (non-hydrogen) atoms. The van der Waals surface area contributed by atoms with Gasteiger partial charge in [0.2, 0.25) is 6.23 Å². The summed E-state index contributed by atoms with van der Waals surface area (Å²) in [6.45, 7) is 5.20. The van der Waals surface area contributed by atoms with Gasteiger partial charge < -0.3 is 38.0 Å². The van der Waals surface area contributed by atoms with Crippen LogP contribution in [0.2, 0.25) is 0 Å². The Morgan fingerprint density at radius 1 is 0.818 bits per heavy atom. The van der Waals surface area contributed by atoms with Crippen molar-refractivity contribution in [1.82, 2.24) is 5.48 Å². The molecule has 1 heterocycles. The van der Waals surface area contributed by atoms with Crippen molar-refractivity contribution in [3.8, 4) is 11.5 Å². The molecule has 0 amide bonds. The second kappa shape index (κ2) is 16.9. The fourth-order valence-electron chi connectivity index (χ4n) is 4.40. The van der Waals surface area contributed by atoms with Crippen LogP contribution in [-0.4, -0.2) is 75.3 Å². The summed E-state index contributed by atoms with van der Waals surface area (Å²) in [5.74, 6) is -1.51. The molecule has 1 aliphatic heterocycles. The number of nitrogens with one attached hydrogen (secondary N) is 1. The van der Waals surface area contributed by atoms with Gasteiger partial charge in [-0.25, -0.2) is 0 Å². The van der Waals surface area contributed by atoms with Crippen LogP contribution in [0.15, 0.2) is 40.9 Å². The highest BCUT2D eigenvalue weighted by molar-refractivity contribution is 9.10. The second-order valence-electron chi connectivity index (χ2n) is 9.73. The number of carbonyl (C=O) groups excluding carboxylic acids is 4. The van der Waals surface area contributed by atoms with Crippen molar-refractivity contribution in [3.63, 3.8) is 0 Å². The van der Waals surface area contributed by atoms with Gasteiger partial charge in [-0.3, -0.25) is 19.2 Å². The zero-order chi connectivity index (χ0) is 32.2. The number of fused-ring (bicyclic) bond motifs is 1. The Morgan fingerprint density at radius 2 is 1.45 bits per heavy atom. The lowest BCUT2D eigenvalue weighted by Crippen LogP contribution is -2.56. The lowest BCUT2D eigenvalue weighted by atomic mass is 10.0. The molecule has 240 valence electrons. The number of rotatable bonds is 15. The number of halogens is 1. The standard InChI is InChI=1S/C30H36BrNO12/c1-17(33)40-16-27(28(42-18(2)34)29(43-19(3)35)30(32-37-5)44-20(4)36)41-15-22-6-8-24(31)23(13-22)12-21-7-9-25-26(14-21)39-11-10-38-25/h6-9,13-14,27-30,32H,10-12,15-16H2,1-5H3. The van der Waals surface area contributed by atoms with E-state index in [-0.39, 0.29) is 13.2 Å². The Kier molecular flexibility index (Phi) is 13.4. The molecule has 4 unspecified atom stereocenters. The number of carbonyl (C=O) groups is 4. The number of ether oxygens (including phenoxy) is 7. The molecule has 0 aromatic heterocycles. The predicted octanol–water partition coefficient (Wildman–Crippen LogP) is 3.16. The molecule has 1 aliphatic rings. The van der Waals surface area contributed by atoms with Crippen molar-refractivity contribution in [1.29, 1.82) is 0 Å². The van der Waals surface area contributed by atoms with Gasteiger partial charge in [-0.15, -0.1) is 0 Å². The van der Waals surface area contributed by atoms with E-state index in [1.807, 2.05) is 36.4 Å². The van der Waals surface area contributed by atoms with Crippen molar-refractivity contribution in [2.45, 2.75) is 65.3 Å². The van der Waals surface area contributed by atoms with E-state index in [0.717, 1.165) is 41.9 Å². The predicted molar refractivity (Wildman–Crippen MR) is 156 cm³/mol. The molecule has 0 saturated heterocycles. The van der Waals surface area contributed by atoms with Gasteiger partial charge in [-0.2, -0.15) is 5.48 Å². The zero-order valence-corrected chi connectivity index (χ0v) is 26.7. The van der Waals surface area contributed by atoms with Gasteiger partial charge in [0.05, 0.1) is 13.7 Å². The Hall–Kier alpha value is -3.72. The van der Waals surface area contributed by atoms with Crippen LogP contribution >= 0.6 is 15.9 Å². The van der Waals surface area contributed by atoms with Gasteiger partial charge >= 0.3 is 23.9 Å². The van der Waals surface area contributed by atoms with E-state index in [0.29, 0.717) is 31.1 Å². The molecule has 3 rings (SSSR count). The van der Waals surface area contributed by atoms with E-state index < -0.39 is 48.4 Å². The molecule has 0 spiro atoms. The van der Waals surface area contributed by atoms with Crippen LogP contribution < -0.4 is 15.0 Å². The molecule has 2 aromatic rings. The Labute approximate surface area is 263 Å². The van der Waals surface area contributed by atoms with Crippen molar-refractivity contribution in [2.24, 2.45) is 0 Å². The summed E-state index contributed by atoms with van der Waals surface area (Å²) in [7, 11) is 1.26. The molecule has 14 heteroatoms. The summed E-state index contributed by atoms with van der Waals surface area (Å²) in [6, 6.07) is 11.4. The third-order valence-electron chi connectivity index (χ3n) is 6.15. The molecule has 0 aliphatic carbocycles. The van der Waals surface area contributed by atoms with Gasteiger partial charge in [-0.05, 0) is 41.3 Å². The molecule has 4 atom stereocenters. The first-order chi connectivity index (χ1) is 21.0. The summed E-state index contributed by atoms with van der Waals surface area (Å²) in [5, 5.41) is 0. The molecular weight excluding hydrogens is 646 g/mol. The minimum absolute atomic E-state index is 0.0200. The number of benzene rings is 2. The topological polar surface area (TPSA) is 154 Å². The number of esters is 4. The Bertz CT molecular complexity index is 1320. The zero-order valence-electron chi connectivity index (χ0n) is 25.1. The first-order valence-corrected chi connectivity index (χ1v) is 14.5. The molecule has 2 aromatic carbocycles. The maximum Gasteiger partial charge on any atom is 0.304 e. The normalized spacial score (nSPS) is 14.9. The third kappa shape index (κ3) is 10.8. The first-order valence-electron chi connectivity index (χ1n) is 13.7. The van der Waals surface area contributed by atoms with Gasteiger partial charge in [-0.1, -0.05) is 34.1 Å². The highest BCUT2D eigenvalue weighted by Crippen LogP contribution is 2.32. The van der Waals surface area contributed by atoms with Gasteiger partial charge in [0.1, 0.15) is 25.9 Å². The van der Waals surface area contributed by atoms with Crippen molar-refractivity contribution < 1.29 is 57.2 Å². The van der Waals surface area contributed by atoms with E-state index in [4.69, 9.17) is 38.0 Å². The summed E-state index contributed by atoms with van der Waals surface area (Å²) < 4.78 is 39.8. The van der Waals surface area contributed by atoms with Crippen LogP contribution in [0.3, 0.4) is 0 Å². The van der Waals surface area contributed by atoms with Crippen molar-refractivity contribution >= 4 is 39.8 Å².